The van der Waals surface area contributed by atoms with E-state index in [2.05, 4.69) is 0 Å². The lowest BCUT2D eigenvalue weighted by molar-refractivity contribution is -0.306. The van der Waals surface area contributed by atoms with Crippen LogP contribution in [0.4, 0.5) is 13.2 Å². The number of carbonyl (C=O) groups excluding carboxylic acids is 1. The van der Waals surface area contributed by atoms with Gasteiger partial charge in [0.25, 0.3) is 0 Å². The molecule has 0 unspecified atom stereocenters. The number of esters is 1. The first kappa shape index (κ1) is 20.6. The normalized spacial score (nSPS) is 36.3. The topological polar surface area (TPSA) is 46.5 Å². The summed E-state index contributed by atoms with van der Waals surface area (Å²) in [6.07, 6.45) is -0.732. The summed E-state index contributed by atoms with van der Waals surface area (Å²) in [5.74, 6) is -0.926. The third-order valence-corrected chi connectivity index (χ3v) is 7.91. The van der Waals surface area contributed by atoms with E-state index in [9.17, 15) is 23.1 Å². The van der Waals surface area contributed by atoms with Gasteiger partial charge >= 0.3 is 12.1 Å². The molecule has 0 saturated heterocycles. The summed E-state index contributed by atoms with van der Waals surface area (Å²) in [5.41, 5.74) is -1.96. The Balaban J connectivity index is 1.81. The summed E-state index contributed by atoms with van der Waals surface area (Å²) in [5, 5.41) is 9.36. The maximum Gasteiger partial charge on any atom is 0.434 e. The van der Waals surface area contributed by atoms with E-state index < -0.39 is 28.2 Å². The monoisotopic (exact) mass is 428 g/mol. The fraction of sp³-hybridized carbons (Fsp3) is 0.591. The van der Waals surface area contributed by atoms with E-state index in [4.69, 9.17) is 16.3 Å². The Morgan fingerprint density at radius 3 is 2.69 bits per heavy atom. The highest BCUT2D eigenvalue weighted by Gasteiger charge is 2.74. The molecule has 1 aromatic rings. The van der Waals surface area contributed by atoms with Crippen molar-refractivity contribution in [2.75, 3.05) is 0 Å². The van der Waals surface area contributed by atoms with Gasteiger partial charge in [-0.15, -0.1) is 0 Å². The zero-order valence-electron chi connectivity index (χ0n) is 16.4. The molecular formula is C22H24ClF3O3. The van der Waals surface area contributed by atoms with Crippen molar-refractivity contribution in [2.24, 2.45) is 17.3 Å². The molecule has 0 aliphatic heterocycles. The molecule has 1 fully saturated rings. The van der Waals surface area contributed by atoms with Crippen molar-refractivity contribution in [1.82, 2.24) is 0 Å². The molecule has 0 bridgehead atoms. The molecule has 1 saturated carbocycles. The van der Waals surface area contributed by atoms with Crippen LogP contribution >= 0.6 is 11.6 Å². The molecule has 29 heavy (non-hydrogen) atoms. The van der Waals surface area contributed by atoms with E-state index in [1.165, 1.54) is 6.08 Å². The van der Waals surface area contributed by atoms with E-state index in [1.807, 2.05) is 6.07 Å². The van der Waals surface area contributed by atoms with Crippen molar-refractivity contribution in [1.29, 1.82) is 0 Å². The van der Waals surface area contributed by atoms with Gasteiger partial charge in [-0.25, -0.2) is 0 Å². The summed E-state index contributed by atoms with van der Waals surface area (Å²) in [4.78, 5) is 11.8. The Hall–Kier alpha value is -1.69. The number of phenolic OH excluding ortho intramolecular Hbond substituents is 1. The number of rotatable bonds is 1. The van der Waals surface area contributed by atoms with Gasteiger partial charge in [0.2, 0.25) is 5.60 Å². The SMILES string of the molecule is CC(=O)O[C@@]1(C(F)(F)F)C(Cl)=CC[C@H]2[C@@H]3CCc4cc(O)ccc4[C@H]3CC[C@@]21C. The fourth-order valence-corrected chi connectivity index (χ4v) is 6.76. The van der Waals surface area contributed by atoms with Gasteiger partial charge in [0, 0.05) is 12.3 Å². The number of fused-ring (bicyclic) bond motifs is 5. The summed E-state index contributed by atoms with van der Waals surface area (Å²) in [6, 6.07) is 5.31. The first-order valence-corrected chi connectivity index (χ1v) is 10.3. The molecule has 3 aliphatic carbocycles. The molecule has 5 atom stereocenters. The second kappa shape index (κ2) is 6.66. The zero-order valence-corrected chi connectivity index (χ0v) is 17.1. The van der Waals surface area contributed by atoms with Crippen molar-refractivity contribution in [3.8, 4) is 5.75 Å². The van der Waals surface area contributed by atoms with Crippen LogP contribution in [0.3, 0.4) is 0 Å². The van der Waals surface area contributed by atoms with Crippen LogP contribution in [0.15, 0.2) is 29.3 Å². The van der Waals surface area contributed by atoms with E-state index in [1.54, 1.807) is 19.1 Å². The fourth-order valence-electron chi connectivity index (χ4n) is 6.31. The Morgan fingerprint density at radius 2 is 2.03 bits per heavy atom. The lowest BCUT2D eigenvalue weighted by Gasteiger charge is -2.60. The van der Waals surface area contributed by atoms with Crippen LogP contribution in [0.5, 0.6) is 5.75 Å². The molecule has 0 heterocycles. The maximum atomic E-state index is 14.5. The molecule has 158 valence electrons. The zero-order chi connectivity index (χ0) is 21.2. The number of halogens is 4. The number of hydrogen-bond donors (Lipinski definition) is 1. The molecule has 4 rings (SSSR count). The highest BCUT2D eigenvalue weighted by molar-refractivity contribution is 6.31. The molecule has 0 spiro atoms. The molecule has 3 aliphatic rings. The second-order valence-corrected chi connectivity index (χ2v) is 9.22. The highest BCUT2D eigenvalue weighted by Crippen LogP contribution is 2.67. The Bertz CT molecular complexity index is 881. The van der Waals surface area contributed by atoms with Gasteiger partial charge in [0.05, 0.1) is 5.03 Å². The van der Waals surface area contributed by atoms with Crippen LogP contribution in [-0.2, 0) is 16.0 Å². The Morgan fingerprint density at radius 1 is 1.31 bits per heavy atom. The van der Waals surface area contributed by atoms with Gasteiger partial charge in [-0.2, -0.15) is 13.2 Å². The largest absolute Gasteiger partial charge is 0.508 e. The van der Waals surface area contributed by atoms with Gasteiger partial charge in [0.15, 0.2) is 0 Å². The molecule has 0 amide bonds. The molecule has 7 heteroatoms. The van der Waals surface area contributed by atoms with Crippen LogP contribution in [-0.4, -0.2) is 22.9 Å². The second-order valence-electron chi connectivity index (χ2n) is 8.82. The van der Waals surface area contributed by atoms with Crippen LogP contribution in [0.1, 0.15) is 56.6 Å². The molecule has 1 aromatic carbocycles. The van der Waals surface area contributed by atoms with Gasteiger partial charge in [-0.1, -0.05) is 30.7 Å². The number of aromatic hydroxyl groups is 1. The molecule has 3 nitrogen and oxygen atoms in total. The van der Waals surface area contributed by atoms with Crippen LogP contribution in [0.2, 0.25) is 0 Å². The number of hydrogen-bond acceptors (Lipinski definition) is 3. The van der Waals surface area contributed by atoms with Crippen LogP contribution in [0, 0.1) is 17.3 Å². The van der Waals surface area contributed by atoms with Gasteiger partial charge in [-0.05, 0) is 73.1 Å². The molecule has 1 N–H and O–H groups in total. The highest BCUT2D eigenvalue weighted by atomic mass is 35.5. The number of carbonyl (C=O) groups is 1. The van der Waals surface area contributed by atoms with Crippen molar-refractivity contribution in [2.45, 2.75) is 63.6 Å². The van der Waals surface area contributed by atoms with Gasteiger partial charge in [-0.3, -0.25) is 4.79 Å². The van der Waals surface area contributed by atoms with Crippen molar-refractivity contribution in [3.63, 3.8) is 0 Å². The summed E-state index contributed by atoms with van der Waals surface area (Å²) >= 11 is 6.19. The summed E-state index contributed by atoms with van der Waals surface area (Å²) in [7, 11) is 0. The predicted octanol–water partition coefficient (Wildman–Crippen LogP) is 5.85. The quantitative estimate of drug-likeness (QED) is 0.571. The van der Waals surface area contributed by atoms with Gasteiger partial charge < -0.3 is 9.84 Å². The first-order chi connectivity index (χ1) is 13.5. The summed E-state index contributed by atoms with van der Waals surface area (Å²) in [6.45, 7) is 2.59. The number of allylic oxidation sites excluding steroid dienone is 1. The minimum atomic E-state index is -4.81. The van der Waals surface area contributed by atoms with Crippen LogP contribution in [0.25, 0.3) is 0 Å². The van der Waals surface area contributed by atoms with Crippen molar-refractivity contribution in [3.05, 3.63) is 40.4 Å². The summed E-state index contributed by atoms with van der Waals surface area (Å²) < 4.78 is 48.6. The number of ether oxygens (including phenoxy) is 1. The predicted molar refractivity (Wildman–Crippen MR) is 103 cm³/mol. The van der Waals surface area contributed by atoms with E-state index in [0.29, 0.717) is 19.3 Å². The van der Waals surface area contributed by atoms with Gasteiger partial charge in [0.1, 0.15) is 5.75 Å². The first-order valence-electron chi connectivity index (χ1n) is 9.95. The van der Waals surface area contributed by atoms with E-state index in [0.717, 1.165) is 24.5 Å². The molecule has 0 aromatic heterocycles. The smallest absolute Gasteiger partial charge is 0.434 e. The Kier molecular flexibility index (Phi) is 4.72. The third-order valence-electron chi connectivity index (χ3n) is 7.49. The van der Waals surface area contributed by atoms with Crippen molar-refractivity contribution < 1.29 is 27.8 Å². The van der Waals surface area contributed by atoms with Crippen LogP contribution < -0.4 is 0 Å². The number of phenols is 1. The number of benzene rings is 1. The van der Waals surface area contributed by atoms with Crippen molar-refractivity contribution >= 4 is 17.6 Å². The average molecular weight is 429 g/mol. The third kappa shape index (κ3) is 2.82. The maximum absolute atomic E-state index is 14.5. The molecular weight excluding hydrogens is 405 g/mol. The lowest BCUT2D eigenvalue weighted by atomic mass is 9.47. The minimum absolute atomic E-state index is 0.0316. The Labute approximate surface area is 172 Å². The minimum Gasteiger partial charge on any atom is -0.508 e. The molecule has 0 radical (unpaired) electrons. The lowest BCUT2D eigenvalue weighted by Crippen LogP contribution is -2.66. The number of aryl methyl sites for hydroxylation is 1. The number of alkyl halides is 3. The van der Waals surface area contributed by atoms with E-state index in [-0.39, 0.29) is 29.9 Å². The van der Waals surface area contributed by atoms with E-state index >= 15 is 0 Å². The average Bonchev–Trinajstić information content (AvgIpc) is 2.62. The standard InChI is InChI=1S/C22H24ClF3O3/c1-12(27)29-21(22(24,25)26)19(23)8-7-18-17-5-3-13-11-14(28)4-6-15(13)16(17)9-10-20(18,21)2/h4,6,8,11,16-18,28H,3,5,7,9-10H2,1-2H3/t16-,17-,18+,20+,21+/m1/s1.